The second kappa shape index (κ2) is 4.72. The van der Waals surface area contributed by atoms with E-state index < -0.39 is 5.54 Å². The fraction of sp³-hybridized carbons (Fsp3) is 0.556. The Kier molecular flexibility index (Phi) is 3.87. The molecular weight excluding hydrogens is 186 g/mol. The van der Waals surface area contributed by atoms with E-state index in [1.165, 1.54) is 4.88 Å². The lowest BCUT2D eigenvalue weighted by atomic mass is 10.1. The van der Waals surface area contributed by atoms with E-state index in [9.17, 15) is 0 Å². The van der Waals surface area contributed by atoms with Crippen molar-refractivity contribution in [2.75, 3.05) is 13.2 Å². The summed E-state index contributed by atoms with van der Waals surface area (Å²) >= 11 is 1.69. The molecule has 0 fully saturated rings. The molecule has 0 aliphatic rings. The molecule has 74 valence electrons. The van der Waals surface area contributed by atoms with Crippen LogP contribution in [-0.4, -0.2) is 29.0 Å². The number of nitrogens with two attached hydrogens (primary N) is 1. The highest BCUT2D eigenvalue weighted by Gasteiger charge is 2.25. The van der Waals surface area contributed by atoms with Crippen molar-refractivity contribution >= 4 is 11.3 Å². The van der Waals surface area contributed by atoms with Gasteiger partial charge in [0.05, 0.1) is 18.1 Å². The molecule has 0 saturated carbocycles. The van der Waals surface area contributed by atoms with E-state index in [0.717, 1.165) is 6.54 Å². The number of aliphatic hydroxyl groups excluding tert-OH is 2. The van der Waals surface area contributed by atoms with Gasteiger partial charge in [-0.05, 0) is 18.4 Å². The molecule has 0 atom stereocenters. The number of aliphatic hydroxyl groups is 2. The Morgan fingerprint density at radius 3 is 2.62 bits per heavy atom. The Bertz CT molecular complexity index is 232. The van der Waals surface area contributed by atoms with Crippen LogP contribution in [0.15, 0.2) is 17.5 Å². The molecule has 0 saturated heterocycles. The number of hydrogen-bond acceptors (Lipinski definition) is 3. The maximum Gasteiger partial charge on any atom is 0.140 e. The molecule has 0 radical (unpaired) electrons. The average molecular weight is 202 g/mol. The highest BCUT2D eigenvalue weighted by atomic mass is 32.1. The van der Waals surface area contributed by atoms with Crippen LogP contribution in [0, 0.1) is 0 Å². The summed E-state index contributed by atoms with van der Waals surface area (Å²) in [6.45, 7) is 2.65. The van der Waals surface area contributed by atoms with Crippen molar-refractivity contribution in [1.82, 2.24) is 0 Å². The largest absolute Gasteiger partial charge is 0.390 e. The summed E-state index contributed by atoms with van der Waals surface area (Å²) in [6.07, 6.45) is 0. The molecule has 0 unspecified atom stereocenters. The first-order valence-electron chi connectivity index (χ1n) is 4.29. The fourth-order valence-electron chi connectivity index (χ4n) is 0.955. The molecule has 3 nitrogen and oxygen atoms in total. The lowest BCUT2D eigenvalue weighted by Crippen LogP contribution is -2.97. The molecule has 0 spiro atoms. The normalized spacial score (nSPS) is 11.9. The molecule has 4 heteroatoms. The van der Waals surface area contributed by atoms with E-state index in [0.29, 0.717) is 0 Å². The molecule has 0 aliphatic heterocycles. The second-order valence-corrected chi connectivity index (χ2v) is 4.49. The Hall–Kier alpha value is -0.420. The van der Waals surface area contributed by atoms with Crippen molar-refractivity contribution in [3.05, 3.63) is 22.4 Å². The summed E-state index contributed by atoms with van der Waals surface area (Å²) in [5, 5.41) is 22.0. The van der Waals surface area contributed by atoms with Crippen molar-refractivity contribution in [3.63, 3.8) is 0 Å². The van der Waals surface area contributed by atoms with E-state index >= 15 is 0 Å². The van der Waals surface area contributed by atoms with Crippen LogP contribution in [0.25, 0.3) is 0 Å². The van der Waals surface area contributed by atoms with Crippen LogP contribution in [0.3, 0.4) is 0 Å². The summed E-state index contributed by atoms with van der Waals surface area (Å²) in [5.41, 5.74) is -0.454. The van der Waals surface area contributed by atoms with Gasteiger partial charge in [-0.1, -0.05) is 6.07 Å². The van der Waals surface area contributed by atoms with Gasteiger partial charge in [0.15, 0.2) is 0 Å². The molecule has 1 rings (SSSR count). The summed E-state index contributed by atoms with van der Waals surface area (Å²) in [6, 6.07) is 4.05. The third kappa shape index (κ3) is 3.08. The van der Waals surface area contributed by atoms with Crippen molar-refractivity contribution in [2.24, 2.45) is 0 Å². The quantitative estimate of drug-likeness (QED) is 0.606. The zero-order valence-corrected chi connectivity index (χ0v) is 8.55. The van der Waals surface area contributed by atoms with Crippen molar-refractivity contribution < 1.29 is 15.5 Å². The lowest BCUT2D eigenvalue weighted by Gasteiger charge is -2.22. The van der Waals surface area contributed by atoms with Crippen molar-refractivity contribution in [3.8, 4) is 0 Å². The van der Waals surface area contributed by atoms with Crippen LogP contribution in [0.1, 0.15) is 11.8 Å². The summed E-state index contributed by atoms with van der Waals surface area (Å²) in [4.78, 5) is 1.26. The monoisotopic (exact) mass is 202 g/mol. The smallest absolute Gasteiger partial charge is 0.140 e. The topological polar surface area (TPSA) is 57.1 Å². The molecule has 0 aliphatic carbocycles. The van der Waals surface area contributed by atoms with Gasteiger partial charge < -0.3 is 15.5 Å². The minimum Gasteiger partial charge on any atom is -0.390 e. The van der Waals surface area contributed by atoms with Gasteiger partial charge in [-0.25, -0.2) is 0 Å². The van der Waals surface area contributed by atoms with Gasteiger partial charge in [0.1, 0.15) is 12.1 Å². The standard InChI is InChI=1S/C9H15NO2S/c1-9(6-11,7-12)10-5-8-3-2-4-13-8/h2-4,10-12H,5-7H2,1H3/p+1. The Morgan fingerprint density at radius 2 is 2.15 bits per heavy atom. The van der Waals surface area contributed by atoms with Gasteiger partial charge in [-0.3, -0.25) is 0 Å². The van der Waals surface area contributed by atoms with Crippen LogP contribution < -0.4 is 5.32 Å². The molecule has 1 heterocycles. The maximum absolute atomic E-state index is 9.03. The predicted octanol–water partition coefficient (Wildman–Crippen LogP) is -0.445. The molecule has 1 aromatic heterocycles. The van der Waals surface area contributed by atoms with Gasteiger partial charge in [0.2, 0.25) is 0 Å². The Morgan fingerprint density at radius 1 is 1.46 bits per heavy atom. The molecule has 0 amide bonds. The van der Waals surface area contributed by atoms with Crippen LogP contribution in [-0.2, 0) is 6.54 Å². The Balaban J connectivity index is 2.41. The summed E-state index contributed by atoms with van der Waals surface area (Å²) in [7, 11) is 0. The van der Waals surface area contributed by atoms with E-state index in [2.05, 4.69) is 6.07 Å². The van der Waals surface area contributed by atoms with Gasteiger partial charge in [-0.15, -0.1) is 11.3 Å². The van der Waals surface area contributed by atoms with E-state index in [-0.39, 0.29) is 13.2 Å². The molecule has 4 N–H and O–H groups in total. The first-order chi connectivity index (χ1) is 6.20. The highest BCUT2D eigenvalue weighted by molar-refractivity contribution is 7.09. The average Bonchev–Trinajstić information content (AvgIpc) is 2.67. The van der Waals surface area contributed by atoms with E-state index in [4.69, 9.17) is 10.2 Å². The van der Waals surface area contributed by atoms with Crippen molar-refractivity contribution in [2.45, 2.75) is 19.0 Å². The molecule has 0 aromatic carbocycles. The van der Waals surface area contributed by atoms with Crippen LogP contribution in [0.2, 0.25) is 0 Å². The number of hydrogen-bond donors (Lipinski definition) is 3. The highest BCUT2D eigenvalue weighted by Crippen LogP contribution is 2.06. The minimum atomic E-state index is -0.454. The van der Waals surface area contributed by atoms with Crippen LogP contribution >= 0.6 is 11.3 Å². The third-order valence-electron chi connectivity index (χ3n) is 2.10. The molecular formula is C9H16NO2S+. The number of thiophene rings is 1. The van der Waals surface area contributed by atoms with Crippen LogP contribution in [0.4, 0.5) is 0 Å². The second-order valence-electron chi connectivity index (χ2n) is 3.46. The fourth-order valence-corrected chi connectivity index (χ4v) is 1.62. The van der Waals surface area contributed by atoms with E-state index in [1.54, 1.807) is 11.3 Å². The molecule has 1 aromatic rings. The summed E-state index contributed by atoms with van der Waals surface area (Å²) in [5.74, 6) is 0. The van der Waals surface area contributed by atoms with Gasteiger partial charge in [0, 0.05) is 0 Å². The minimum absolute atomic E-state index is 0.00508. The molecule has 13 heavy (non-hydrogen) atoms. The molecule has 0 bridgehead atoms. The first-order valence-corrected chi connectivity index (χ1v) is 5.16. The zero-order valence-electron chi connectivity index (χ0n) is 7.73. The lowest BCUT2D eigenvalue weighted by molar-refractivity contribution is -0.741. The SMILES string of the molecule is CC(CO)(CO)[NH2+]Cc1cccs1. The summed E-state index contributed by atoms with van der Waals surface area (Å²) < 4.78 is 0. The first kappa shape index (κ1) is 10.7. The maximum atomic E-state index is 9.03. The van der Waals surface area contributed by atoms with Crippen LogP contribution in [0.5, 0.6) is 0 Å². The zero-order chi connectivity index (χ0) is 9.73. The Labute approximate surface area is 82.0 Å². The van der Waals surface area contributed by atoms with Gasteiger partial charge >= 0.3 is 0 Å². The predicted molar refractivity (Wildman–Crippen MR) is 52.5 cm³/mol. The van der Waals surface area contributed by atoms with Crippen molar-refractivity contribution in [1.29, 1.82) is 0 Å². The third-order valence-corrected chi connectivity index (χ3v) is 3.00. The van der Waals surface area contributed by atoms with Gasteiger partial charge in [0.25, 0.3) is 0 Å². The van der Waals surface area contributed by atoms with E-state index in [1.807, 2.05) is 23.7 Å². The van der Waals surface area contributed by atoms with Gasteiger partial charge in [-0.2, -0.15) is 0 Å². The number of quaternary nitrogens is 1. The number of rotatable bonds is 5.